The maximum Gasteiger partial charge on any atom is 0.306 e. The molecule has 1 heterocycles. The van der Waals surface area contributed by atoms with Crippen LogP contribution < -0.4 is 20.3 Å². The van der Waals surface area contributed by atoms with Gasteiger partial charge in [0.15, 0.2) is 11.5 Å². The van der Waals surface area contributed by atoms with Crippen molar-refractivity contribution in [1.29, 1.82) is 0 Å². The summed E-state index contributed by atoms with van der Waals surface area (Å²) in [7, 11) is 1.60. The summed E-state index contributed by atoms with van der Waals surface area (Å²) in [6.07, 6.45) is 0. The van der Waals surface area contributed by atoms with Crippen LogP contribution in [0.2, 0.25) is 0 Å². The largest absolute Gasteiger partial charge is 0.493 e. The number of nitrogens with one attached hydrogen (secondary N) is 2. The number of benzene rings is 1. The zero-order valence-corrected chi connectivity index (χ0v) is 7.78. The van der Waals surface area contributed by atoms with Gasteiger partial charge in [-0.05, 0) is 12.1 Å². The number of aliphatic imine (C=N–C) groups is 1. The molecule has 74 valence electrons. The van der Waals surface area contributed by atoms with E-state index in [2.05, 4.69) is 15.8 Å². The maximum absolute atomic E-state index is 5.45. The van der Waals surface area contributed by atoms with Crippen LogP contribution in [0.1, 0.15) is 0 Å². The van der Waals surface area contributed by atoms with Crippen molar-refractivity contribution in [2.75, 3.05) is 13.8 Å². The molecule has 0 bridgehead atoms. The minimum absolute atomic E-state index is 0.453. The fourth-order valence-corrected chi connectivity index (χ4v) is 1.13. The van der Waals surface area contributed by atoms with Crippen LogP contribution >= 0.6 is 0 Å². The highest BCUT2D eigenvalue weighted by Gasteiger charge is 2.09. The number of hydrazine groups is 1. The molecule has 2 N–H and O–H groups in total. The van der Waals surface area contributed by atoms with Crippen molar-refractivity contribution in [3.05, 3.63) is 24.3 Å². The highest BCUT2D eigenvalue weighted by atomic mass is 16.5. The molecule has 0 saturated heterocycles. The molecule has 0 aliphatic carbocycles. The molecule has 0 amide bonds. The summed E-state index contributed by atoms with van der Waals surface area (Å²) in [5, 5.41) is 0. The zero-order valence-electron chi connectivity index (χ0n) is 7.78. The van der Waals surface area contributed by atoms with E-state index < -0.39 is 0 Å². The second-order valence-corrected chi connectivity index (χ2v) is 2.68. The van der Waals surface area contributed by atoms with E-state index in [-0.39, 0.29) is 0 Å². The van der Waals surface area contributed by atoms with Crippen LogP contribution in [0.25, 0.3) is 0 Å². The van der Waals surface area contributed by atoms with Gasteiger partial charge in [0.05, 0.1) is 7.11 Å². The molecule has 0 saturated carbocycles. The van der Waals surface area contributed by atoms with E-state index in [0.717, 1.165) is 0 Å². The Morgan fingerprint density at radius 2 is 2.07 bits per heavy atom. The van der Waals surface area contributed by atoms with E-state index in [9.17, 15) is 0 Å². The lowest BCUT2D eigenvalue weighted by molar-refractivity contribution is 0.388. The minimum atomic E-state index is 0.453. The molecule has 1 aromatic carbocycles. The highest BCUT2D eigenvalue weighted by molar-refractivity contribution is 5.77. The van der Waals surface area contributed by atoms with Gasteiger partial charge in [-0.1, -0.05) is 12.1 Å². The van der Waals surface area contributed by atoms with E-state index in [1.807, 2.05) is 24.3 Å². The molecule has 5 heteroatoms. The fourth-order valence-electron chi connectivity index (χ4n) is 1.13. The van der Waals surface area contributed by atoms with Crippen LogP contribution in [-0.2, 0) is 0 Å². The smallest absolute Gasteiger partial charge is 0.306 e. The van der Waals surface area contributed by atoms with Gasteiger partial charge in [0.25, 0.3) is 0 Å². The lowest BCUT2D eigenvalue weighted by Gasteiger charge is -2.08. The molecule has 14 heavy (non-hydrogen) atoms. The van der Waals surface area contributed by atoms with Crippen molar-refractivity contribution in [3.8, 4) is 11.5 Å². The second-order valence-electron chi connectivity index (χ2n) is 2.68. The number of nitrogens with zero attached hydrogens (tertiary/aromatic N) is 1. The summed E-state index contributed by atoms with van der Waals surface area (Å²) in [5.41, 5.74) is 5.59. The summed E-state index contributed by atoms with van der Waals surface area (Å²) in [6.45, 7) is 0.518. The lowest BCUT2D eigenvalue weighted by atomic mass is 10.3. The first-order valence-corrected chi connectivity index (χ1v) is 4.24. The molecule has 2 rings (SSSR count). The van der Waals surface area contributed by atoms with E-state index in [1.54, 1.807) is 7.11 Å². The number of rotatable bonds is 2. The van der Waals surface area contributed by atoms with Crippen molar-refractivity contribution in [2.24, 2.45) is 4.99 Å². The minimum Gasteiger partial charge on any atom is -0.493 e. The molecule has 1 aliphatic heterocycles. The molecule has 0 spiro atoms. The van der Waals surface area contributed by atoms with Gasteiger partial charge in [-0.2, -0.15) is 0 Å². The Kier molecular flexibility index (Phi) is 2.51. The van der Waals surface area contributed by atoms with Gasteiger partial charge in [-0.25, -0.2) is 10.4 Å². The number of methoxy groups -OCH3 is 1. The Bertz CT molecular complexity index is 352. The van der Waals surface area contributed by atoms with Crippen molar-refractivity contribution in [1.82, 2.24) is 10.9 Å². The molecule has 0 aromatic heterocycles. The number of ether oxygens (including phenoxy) is 2. The average Bonchev–Trinajstić information content (AvgIpc) is 2.71. The average molecular weight is 193 g/mol. The molecule has 0 radical (unpaired) electrons. The third-order valence-corrected chi connectivity index (χ3v) is 1.77. The first-order valence-electron chi connectivity index (χ1n) is 4.24. The van der Waals surface area contributed by atoms with Gasteiger partial charge in [0, 0.05) is 0 Å². The van der Waals surface area contributed by atoms with E-state index in [1.165, 1.54) is 0 Å². The van der Waals surface area contributed by atoms with E-state index >= 15 is 0 Å². The Labute approximate surface area is 81.7 Å². The Hall–Kier alpha value is -1.75. The second kappa shape index (κ2) is 3.97. The summed E-state index contributed by atoms with van der Waals surface area (Å²) in [4.78, 5) is 4.02. The quantitative estimate of drug-likeness (QED) is 0.718. The Balaban J connectivity index is 2.15. The predicted octanol–water partition coefficient (Wildman–Crippen LogP) is 0.495. The normalized spacial score (nSPS) is 14.5. The number of hydrogen-bond donors (Lipinski definition) is 2. The standard InChI is InChI=1S/C9H11N3O2/c1-13-7-4-2-3-5-8(7)14-9-10-6-11-12-9/h2-5,11H,6H2,1H3,(H,10,12). The lowest BCUT2D eigenvalue weighted by Crippen LogP contribution is -2.33. The van der Waals surface area contributed by atoms with Crippen LogP contribution in [-0.4, -0.2) is 19.8 Å². The molecule has 0 unspecified atom stereocenters. The molecule has 1 aliphatic rings. The zero-order chi connectivity index (χ0) is 9.80. The van der Waals surface area contributed by atoms with Crippen LogP contribution in [0.15, 0.2) is 29.3 Å². The predicted molar refractivity (Wildman–Crippen MR) is 52.2 cm³/mol. The van der Waals surface area contributed by atoms with Crippen LogP contribution in [0.5, 0.6) is 11.5 Å². The third kappa shape index (κ3) is 1.77. The van der Waals surface area contributed by atoms with Crippen molar-refractivity contribution >= 4 is 6.02 Å². The van der Waals surface area contributed by atoms with Crippen LogP contribution in [0.4, 0.5) is 0 Å². The molecule has 0 fully saturated rings. The monoisotopic (exact) mass is 193 g/mol. The topological polar surface area (TPSA) is 54.9 Å². The molecule has 5 nitrogen and oxygen atoms in total. The van der Waals surface area contributed by atoms with Gasteiger partial charge in [0.2, 0.25) is 0 Å². The summed E-state index contributed by atoms with van der Waals surface area (Å²) in [5.74, 6) is 1.33. The third-order valence-electron chi connectivity index (χ3n) is 1.77. The summed E-state index contributed by atoms with van der Waals surface area (Å²) >= 11 is 0. The molecule has 0 atom stereocenters. The highest BCUT2D eigenvalue weighted by Crippen LogP contribution is 2.25. The number of amidine groups is 1. The summed E-state index contributed by atoms with van der Waals surface area (Å²) < 4.78 is 10.6. The van der Waals surface area contributed by atoms with E-state index in [4.69, 9.17) is 9.47 Å². The first kappa shape index (κ1) is 8.83. The van der Waals surface area contributed by atoms with Gasteiger partial charge in [0.1, 0.15) is 6.67 Å². The summed E-state index contributed by atoms with van der Waals surface area (Å²) in [6, 6.07) is 7.86. The van der Waals surface area contributed by atoms with Crippen molar-refractivity contribution in [3.63, 3.8) is 0 Å². The van der Waals surface area contributed by atoms with Gasteiger partial charge < -0.3 is 9.47 Å². The Morgan fingerprint density at radius 3 is 2.71 bits per heavy atom. The van der Waals surface area contributed by atoms with Gasteiger partial charge in [-0.15, -0.1) is 0 Å². The SMILES string of the molecule is COc1ccccc1OC1=NCNN1. The number of para-hydroxylation sites is 2. The van der Waals surface area contributed by atoms with Crippen LogP contribution in [0, 0.1) is 0 Å². The molecular formula is C9H11N3O2. The van der Waals surface area contributed by atoms with Crippen molar-refractivity contribution in [2.45, 2.75) is 0 Å². The maximum atomic E-state index is 5.45. The van der Waals surface area contributed by atoms with Crippen LogP contribution in [0.3, 0.4) is 0 Å². The van der Waals surface area contributed by atoms with Crippen molar-refractivity contribution < 1.29 is 9.47 Å². The fraction of sp³-hybridized carbons (Fsp3) is 0.222. The van der Waals surface area contributed by atoms with Gasteiger partial charge in [-0.3, -0.25) is 5.43 Å². The van der Waals surface area contributed by atoms with Gasteiger partial charge >= 0.3 is 6.02 Å². The van der Waals surface area contributed by atoms with E-state index in [0.29, 0.717) is 24.2 Å². The molecule has 1 aromatic rings. The molecular weight excluding hydrogens is 182 g/mol. The Morgan fingerprint density at radius 1 is 1.29 bits per heavy atom. The first-order chi connectivity index (χ1) is 6.90. The number of hydrogen-bond acceptors (Lipinski definition) is 5.